The SMILES string of the molecule is Cc1ccc(S(=O)(=O)c2cc(O)ccc2C)cc1O. The highest BCUT2D eigenvalue weighted by molar-refractivity contribution is 7.91. The second kappa shape index (κ2) is 4.59. The Morgan fingerprint density at radius 2 is 1.53 bits per heavy atom. The molecular weight excluding hydrogens is 264 g/mol. The van der Waals surface area contributed by atoms with E-state index >= 15 is 0 Å². The zero-order valence-electron chi connectivity index (χ0n) is 10.6. The molecule has 0 aliphatic carbocycles. The first-order valence-corrected chi connectivity index (χ1v) is 7.15. The van der Waals surface area contributed by atoms with E-state index in [9.17, 15) is 18.6 Å². The molecule has 0 amide bonds. The van der Waals surface area contributed by atoms with Crippen LogP contribution < -0.4 is 0 Å². The van der Waals surface area contributed by atoms with E-state index in [1.807, 2.05) is 0 Å². The van der Waals surface area contributed by atoms with Gasteiger partial charge in [0.15, 0.2) is 0 Å². The van der Waals surface area contributed by atoms with Crippen LogP contribution in [-0.2, 0) is 9.84 Å². The van der Waals surface area contributed by atoms with E-state index in [4.69, 9.17) is 0 Å². The minimum atomic E-state index is -3.75. The topological polar surface area (TPSA) is 74.6 Å². The zero-order valence-corrected chi connectivity index (χ0v) is 11.4. The molecule has 19 heavy (non-hydrogen) atoms. The average Bonchev–Trinajstić information content (AvgIpc) is 2.35. The van der Waals surface area contributed by atoms with Crippen molar-refractivity contribution < 1.29 is 18.6 Å². The molecule has 0 spiro atoms. The molecule has 0 saturated heterocycles. The van der Waals surface area contributed by atoms with Crippen molar-refractivity contribution in [2.75, 3.05) is 0 Å². The third kappa shape index (κ3) is 2.42. The zero-order chi connectivity index (χ0) is 14.2. The number of rotatable bonds is 2. The Hall–Kier alpha value is -2.01. The van der Waals surface area contributed by atoms with Gasteiger partial charge in [-0.25, -0.2) is 8.42 Å². The van der Waals surface area contributed by atoms with Crippen molar-refractivity contribution >= 4 is 9.84 Å². The molecule has 0 radical (unpaired) electrons. The van der Waals surface area contributed by atoms with Crippen LogP contribution >= 0.6 is 0 Å². The molecule has 0 bridgehead atoms. The van der Waals surface area contributed by atoms with Gasteiger partial charge in [0.05, 0.1) is 9.79 Å². The first kappa shape index (κ1) is 13.4. The first-order valence-electron chi connectivity index (χ1n) is 5.66. The number of phenols is 2. The summed E-state index contributed by atoms with van der Waals surface area (Å²) in [5.74, 6) is -0.181. The number of aryl methyl sites for hydroxylation is 2. The predicted octanol–water partition coefficient (Wildman–Crippen LogP) is 2.55. The number of phenolic OH excluding ortho intramolecular Hbond substituents is 2. The normalized spacial score (nSPS) is 11.5. The molecule has 0 heterocycles. The molecule has 5 heteroatoms. The summed E-state index contributed by atoms with van der Waals surface area (Å²) in [4.78, 5) is 0.0417. The van der Waals surface area contributed by atoms with Crippen LogP contribution in [0, 0.1) is 13.8 Å². The highest BCUT2D eigenvalue weighted by Gasteiger charge is 2.21. The summed E-state index contributed by atoms with van der Waals surface area (Å²) >= 11 is 0. The van der Waals surface area contributed by atoms with Crippen LogP contribution in [0.3, 0.4) is 0 Å². The largest absolute Gasteiger partial charge is 0.508 e. The molecule has 0 unspecified atom stereocenters. The van der Waals surface area contributed by atoms with E-state index in [0.717, 1.165) is 0 Å². The van der Waals surface area contributed by atoms with Crippen molar-refractivity contribution in [2.24, 2.45) is 0 Å². The summed E-state index contributed by atoms with van der Waals surface area (Å²) in [6, 6.07) is 8.38. The summed E-state index contributed by atoms with van der Waals surface area (Å²) in [5, 5.41) is 19.1. The Kier molecular flexibility index (Phi) is 3.24. The summed E-state index contributed by atoms with van der Waals surface area (Å²) in [6.45, 7) is 3.34. The Labute approximate surface area is 111 Å². The minimum absolute atomic E-state index is 0.00398. The van der Waals surface area contributed by atoms with Gasteiger partial charge in [0.2, 0.25) is 9.84 Å². The lowest BCUT2D eigenvalue weighted by atomic mass is 10.2. The maximum absolute atomic E-state index is 12.4. The van der Waals surface area contributed by atoms with Gasteiger partial charge in [0.1, 0.15) is 11.5 Å². The van der Waals surface area contributed by atoms with Crippen LogP contribution in [0.4, 0.5) is 0 Å². The van der Waals surface area contributed by atoms with Crippen molar-refractivity contribution in [1.82, 2.24) is 0 Å². The average molecular weight is 278 g/mol. The predicted molar refractivity (Wildman–Crippen MR) is 71.1 cm³/mol. The van der Waals surface area contributed by atoms with Crippen LogP contribution in [0.15, 0.2) is 46.2 Å². The first-order chi connectivity index (χ1) is 8.82. The summed E-state index contributed by atoms with van der Waals surface area (Å²) in [7, 11) is -3.75. The number of aromatic hydroxyl groups is 2. The fraction of sp³-hybridized carbons (Fsp3) is 0.143. The quantitative estimate of drug-likeness (QED) is 0.885. The molecule has 2 aromatic rings. The number of sulfone groups is 1. The smallest absolute Gasteiger partial charge is 0.207 e. The van der Waals surface area contributed by atoms with Gasteiger partial charge in [-0.2, -0.15) is 0 Å². The van der Waals surface area contributed by atoms with E-state index in [1.54, 1.807) is 19.9 Å². The number of hydrogen-bond acceptors (Lipinski definition) is 4. The second-order valence-electron chi connectivity index (χ2n) is 4.40. The van der Waals surface area contributed by atoms with Crippen molar-refractivity contribution in [3.05, 3.63) is 47.5 Å². The highest BCUT2D eigenvalue weighted by Crippen LogP contribution is 2.29. The fourth-order valence-corrected chi connectivity index (χ4v) is 3.30. The van der Waals surface area contributed by atoms with Gasteiger partial charge >= 0.3 is 0 Å². The number of hydrogen-bond donors (Lipinski definition) is 2. The molecule has 100 valence electrons. The lowest BCUT2D eigenvalue weighted by Gasteiger charge is -2.09. The molecule has 0 atom stereocenters. The summed E-state index contributed by atoms with van der Waals surface area (Å²) < 4.78 is 24.9. The van der Waals surface area contributed by atoms with Crippen LogP contribution in [0.25, 0.3) is 0 Å². The van der Waals surface area contributed by atoms with Gasteiger partial charge in [-0.05, 0) is 49.2 Å². The third-order valence-electron chi connectivity index (χ3n) is 2.95. The second-order valence-corrected chi connectivity index (χ2v) is 6.32. The lowest BCUT2D eigenvalue weighted by Crippen LogP contribution is -2.04. The third-order valence-corrected chi connectivity index (χ3v) is 4.85. The van der Waals surface area contributed by atoms with E-state index in [2.05, 4.69) is 0 Å². The van der Waals surface area contributed by atoms with Crippen LogP contribution in [0.2, 0.25) is 0 Å². The molecule has 0 aliphatic rings. The Morgan fingerprint density at radius 1 is 0.895 bits per heavy atom. The van der Waals surface area contributed by atoms with E-state index in [0.29, 0.717) is 11.1 Å². The van der Waals surface area contributed by atoms with Gasteiger partial charge in [-0.15, -0.1) is 0 Å². The van der Waals surface area contributed by atoms with E-state index < -0.39 is 9.84 Å². The monoisotopic (exact) mass is 278 g/mol. The van der Waals surface area contributed by atoms with Gasteiger partial charge in [-0.3, -0.25) is 0 Å². The number of benzene rings is 2. The van der Waals surface area contributed by atoms with Crippen LogP contribution in [-0.4, -0.2) is 18.6 Å². The van der Waals surface area contributed by atoms with Crippen molar-refractivity contribution in [3.63, 3.8) is 0 Å². The van der Waals surface area contributed by atoms with E-state index in [-0.39, 0.29) is 21.3 Å². The maximum Gasteiger partial charge on any atom is 0.207 e. The molecule has 0 saturated carbocycles. The molecule has 2 aromatic carbocycles. The molecule has 0 fully saturated rings. The van der Waals surface area contributed by atoms with Crippen LogP contribution in [0.1, 0.15) is 11.1 Å². The molecule has 0 aliphatic heterocycles. The van der Waals surface area contributed by atoms with Crippen molar-refractivity contribution in [1.29, 1.82) is 0 Å². The fourth-order valence-electron chi connectivity index (χ4n) is 1.76. The maximum atomic E-state index is 12.4. The standard InChI is InChI=1S/C14H14O4S/c1-9-4-6-12(8-13(9)16)19(17,18)14-7-11(15)5-3-10(14)2/h3-8,15-16H,1-2H3. The van der Waals surface area contributed by atoms with Crippen molar-refractivity contribution in [3.8, 4) is 11.5 Å². The van der Waals surface area contributed by atoms with E-state index in [1.165, 1.54) is 30.3 Å². The Bertz CT molecular complexity index is 733. The van der Waals surface area contributed by atoms with Gasteiger partial charge in [0, 0.05) is 0 Å². The summed E-state index contributed by atoms with van der Waals surface area (Å²) in [6.07, 6.45) is 0. The Morgan fingerprint density at radius 3 is 2.16 bits per heavy atom. The molecule has 2 rings (SSSR count). The highest BCUT2D eigenvalue weighted by atomic mass is 32.2. The minimum Gasteiger partial charge on any atom is -0.508 e. The Balaban J connectivity index is 2.65. The van der Waals surface area contributed by atoms with Gasteiger partial charge in [0.25, 0.3) is 0 Å². The van der Waals surface area contributed by atoms with Gasteiger partial charge < -0.3 is 10.2 Å². The lowest BCUT2D eigenvalue weighted by molar-refractivity contribution is 0.469. The molecule has 0 aromatic heterocycles. The van der Waals surface area contributed by atoms with Gasteiger partial charge in [-0.1, -0.05) is 12.1 Å². The van der Waals surface area contributed by atoms with Crippen molar-refractivity contribution in [2.45, 2.75) is 23.6 Å². The summed E-state index contributed by atoms with van der Waals surface area (Å²) in [5.41, 5.74) is 1.14. The molecule has 2 N–H and O–H groups in total. The molecular formula is C14H14O4S. The van der Waals surface area contributed by atoms with Crippen LogP contribution in [0.5, 0.6) is 11.5 Å². The molecule has 4 nitrogen and oxygen atoms in total.